The number of nitrogens with zero attached hydrogens (tertiary/aromatic N) is 3. The van der Waals surface area contributed by atoms with Gasteiger partial charge in [0, 0.05) is 27.2 Å². The number of ether oxygens (including phenoxy) is 2. The highest BCUT2D eigenvalue weighted by Gasteiger charge is 2.51. The summed E-state index contributed by atoms with van der Waals surface area (Å²) in [6, 6.07) is 15.2. The van der Waals surface area contributed by atoms with Crippen LogP contribution in [0.1, 0.15) is 61.5 Å². The van der Waals surface area contributed by atoms with Crippen LogP contribution in [0, 0.1) is 12.8 Å². The van der Waals surface area contributed by atoms with E-state index in [1.54, 1.807) is 6.92 Å². The molecule has 39 heavy (non-hydrogen) atoms. The molecule has 208 valence electrons. The fraction of sp³-hybridized carbons (Fsp3) is 0.516. The van der Waals surface area contributed by atoms with E-state index in [-0.39, 0.29) is 24.8 Å². The third-order valence-electron chi connectivity index (χ3n) is 7.97. The third kappa shape index (κ3) is 5.88. The van der Waals surface area contributed by atoms with Crippen molar-refractivity contribution in [2.24, 2.45) is 5.92 Å². The van der Waals surface area contributed by atoms with Crippen LogP contribution in [0.15, 0.2) is 46.9 Å². The fourth-order valence-corrected chi connectivity index (χ4v) is 6.44. The lowest BCUT2D eigenvalue weighted by Crippen LogP contribution is -2.53. The highest BCUT2D eigenvalue weighted by atomic mass is 28.3. The van der Waals surface area contributed by atoms with Crippen LogP contribution in [0.2, 0.25) is 25.7 Å². The number of aromatic nitrogens is 2. The summed E-state index contributed by atoms with van der Waals surface area (Å²) in [5, 5.41) is 8.05. The lowest BCUT2D eigenvalue weighted by Gasteiger charge is -2.42. The molecule has 1 aromatic heterocycles. The Morgan fingerprint density at radius 1 is 1.08 bits per heavy atom. The first-order valence-electron chi connectivity index (χ1n) is 14.0. The molecule has 5 rings (SSSR count). The van der Waals surface area contributed by atoms with Crippen LogP contribution < -0.4 is 0 Å². The molecule has 0 radical (unpaired) electrons. The van der Waals surface area contributed by atoms with Gasteiger partial charge in [-0.1, -0.05) is 50.0 Å². The number of hydrogen-bond donors (Lipinski definition) is 0. The molecule has 1 unspecified atom stereocenters. The molecule has 2 aliphatic rings. The quantitative estimate of drug-likeness (QED) is 0.145. The van der Waals surface area contributed by atoms with Crippen molar-refractivity contribution in [3.05, 3.63) is 59.5 Å². The first-order valence-corrected chi connectivity index (χ1v) is 17.8. The van der Waals surface area contributed by atoms with E-state index in [4.69, 9.17) is 13.9 Å². The van der Waals surface area contributed by atoms with Gasteiger partial charge in [-0.15, -0.1) is 10.2 Å². The minimum Gasteiger partial charge on any atom is -0.421 e. The molecule has 2 atom stereocenters. The molecule has 1 saturated carbocycles. The topological polar surface area (TPSA) is 77.7 Å². The van der Waals surface area contributed by atoms with E-state index in [1.807, 2.05) is 30.3 Å². The second kappa shape index (κ2) is 10.6. The minimum atomic E-state index is -1.16. The van der Waals surface area contributed by atoms with Crippen LogP contribution in [0.3, 0.4) is 0 Å². The molecule has 1 amide bonds. The van der Waals surface area contributed by atoms with Gasteiger partial charge in [-0.05, 0) is 74.4 Å². The highest BCUT2D eigenvalue weighted by molar-refractivity contribution is 6.76. The Balaban J connectivity index is 1.37. The number of fused-ring (bicyclic) bond motifs is 1. The molecule has 0 bridgehead atoms. The summed E-state index contributed by atoms with van der Waals surface area (Å²) in [6.45, 7) is 16.2. The van der Waals surface area contributed by atoms with E-state index < -0.39 is 13.7 Å². The second-order valence-corrected chi connectivity index (χ2v) is 18.3. The molecule has 0 saturated heterocycles. The van der Waals surface area contributed by atoms with Crippen molar-refractivity contribution < 1.29 is 18.7 Å². The molecule has 2 heterocycles. The Morgan fingerprint density at radius 2 is 1.77 bits per heavy atom. The number of carbonyl (C=O) groups is 1. The second-order valence-electron chi connectivity index (χ2n) is 12.7. The van der Waals surface area contributed by atoms with Gasteiger partial charge in [0.05, 0.1) is 23.2 Å². The molecule has 0 N–H and O–H groups in total. The van der Waals surface area contributed by atoms with Crippen molar-refractivity contribution in [1.29, 1.82) is 0 Å². The highest BCUT2D eigenvalue weighted by Crippen LogP contribution is 2.48. The number of benzene rings is 2. The van der Waals surface area contributed by atoms with Gasteiger partial charge in [0.1, 0.15) is 6.79 Å². The summed E-state index contributed by atoms with van der Waals surface area (Å²) in [4.78, 5) is 16.3. The zero-order valence-corrected chi connectivity index (χ0v) is 25.3. The average molecular weight is 548 g/mol. The zero-order chi connectivity index (χ0) is 27.9. The number of rotatable bonds is 11. The van der Waals surface area contributed by atoms with E-state index in [0.29, 0.717) is 17.7 Å². The summed E-state index contributed by atoms with van der Waals surface area (Å²) in [7, 11) is -1.16. The summed E-state index contributed by atoms with van der Waals surface area (Å²) < 4.78 is 17.8. The summed E-state index contributed by atoms with van der Waals surface area (Å²) >= 11 is 0. The van der Waals surface area contributed by atoms with Crippen LogP contribution in [0.5, 0.6) is 0 Å². The van der Waals surface area contributed by atoms with Crippen LogP contribution in [-0.4, -0.2) is 54.1 Å². The van der Waals surface area contributed by atoms with Gasteiger partial charge in [-0.25, -0.2) is 0 Å². The van der Waals surface area contributed by atoms with Gasteiger partial charge in [0.25, 0.3) is 5.91 Å². The van der Waals surface area contributed by atoms with E-state index in [0.717, 1.165) is 53.3 Å². The molecule has 2 aromatic carbocycles. The summed E-state index contributed by atoms with van der Waals surface area (Å²) in [5.74, 6) is 1.54. The Bertz CT molecular complexity index is 1320. The maximum absolute atomic E-state index is 14.2. The predicted molar refractivity (Wildman–Crippen MR) is 155 cm³/mol. The van der Waals surface area contributed by atoms with Crippen LogP contribution in [0.4, 0.5) is 0 Å². The van der Waals surface area contributed by atoms with E-state index in [1.165, 1.54) is 0 Å². The first-order chi connectivity index (χ1) is 18.5. The molecule has 7 nitrogen and oxygen atoms in total. The maximum atomic E-state index is 14.2. The minimum absolute atomic E-state index is 0.0241. The Kier molecular flexibility index (Phi) is 7.56. The molecule has 1 fully saturated rings. The van der Waals surface area contributed by atoms with Crippen LogP contribution >= 0.6 is 0 Å². The number of aryl methyl sites for hydroxylation is 1. The zero-order valence-electron chi connectivity index (χ0n) is 24.3. The van der Waals surface area contributed by atoms with Crippen molar-refractivity contribution in [3.63, 3.8) is 0 Å². The number of carbonyl (C=O) groups excluding carboxylic acids is 1. The lowest BCUT2D eigenvalue weighted by molar-refractivity contribution is -0.155. The summed E-state index contributed by atoms with van der Waals surface area (Å²) in [6.07, 6.45) is 2.23. The smallest absolute Gasteiger partial charge is 0.255 e. The Morgan fingerprint density at radius 3 is 2.38 bits per heavy atom. The molecule has 1 aliphatic carbocycles. The van der Waals surface area contributed by atoms with Gasteiger partial charge in [-0.3, -0.25) is 4.79 Å². The number of hydrogen-bond acceptors (Lipinski definition) is 6. The molecule has 3 aromatic rings. The SMILES string of the molecule is Cc1nnc(-c2ccc(-c3cccc4c3C(=O)N([C@H](C3CC3)C(C)(C)OCOCC[Si](C)(C)C)C4C)cc2)o1. The Hall–Kier alpha value is -2.81. The van der Waals surface area contributed by atoms with Crippen molar-refractivity contribution in [1.82, 2.24) is 15.1 Å². The van der Waals surface area contributed by atoms with Gasteiger partial charge in [-0.2, -0.15) is 0 Å². The lowest BCUT2D eigenvalue weighted by atomic mass is 9.91. The van der Waals surface area contributed by atoms with Crippen molar-refractivity contribution in [3.8, 4) is 22.6 Å². The van der Waals surface area contributed by atoms with Crippen molar-refractivity contribution >= 4 is 14.0 Å². The van der Waals surface area contributed by atoms with Gasteiger partial charge >= 0.3 is 0 Å². The Labute approximate surface area is 232 Å². The van der Waals surface area contributed by atoms with E-state index in [2.05, 4.69) is 67.6 Å². The molecule has 0 spiro atoms. The summed E-state index contributed by atoms with van der Waals surface area (Å²) in [5.41, 5.74) is 4.12. The van der Waals surface area contributed by atoms with Crippen LogP contribution in [0.25, 0.3) is 22.6 Å². The van der Waals surface area contributed by atoms with Gasteiger partial charge in [0.15, 0.2) is 0 Å². The monoisotopic (exact) mass is 547 g/mol. The van der Waals surface area contributed by atoms with Gasteiger partial charge < -0.3 is 18.8 Å². The van der Waals surface area contributed by atoms with Gasteiger partial charge in [0.2, 0.25) is 11.8 Å². The normalized spacial score (nSPS) is 18.5. The maximum Gasteiger partial charge on any atom is 0.255 e. The fourth-order valence-electron chi connectivity index (χ4n) is 5.68. The predicted octanol–water partition coefficient (Wildman–Crippen LogP) is 7.11. The molecular formula is C31H41N3O4Si. The molecule has 8 heteroatoms. The van der Waals surface area contributed by atoms with Crippen molar-refractivity contribution in [2.45, 2.75) is 83.9 Å². The average Bonchev–Trinajstić information content (AvgIpc) is 3.57. The largest absolute Gasteiger partial charge is 0.421 e. The van der Waals surface area contributed by atoms with Crippen molar-refractivity contribution in [2.75, 3.05) is 13.4 Å². The van der Waals surface area contributed by atoms with Crippen LogP contribution in [-0.2, 0) is 9.47 Å². The number of amides is 1. The van der Waals surface area contributed by atoms with E-state index >= 15 is 0 Å². The molecule has 1 aliphatic heterocycles. The first kappa shape index (κ1) is 27.7. The van der Waals surface area contributed by atoms with E-state index in [9.17, 15) is 4.79 Å². The third-order valence-corrected chi connectivity index (χ3v) is 9.68. The molecular weight excluding hydrogens is 506 g/mol. The standard InChI is InChI=1S/C31H41N3O4Si/c1-20-25-9-8-10-26(22-11-15-24(16-12-22)29-33-32-21(2)38-29)27(25)30(35)34(20)28(23-13-14-23)31(3,4)37-19-36-17-18-39(5,6)7/h8-12,15-16,20,23,28H,13-14,17-19H2,1-7H3/t20?,28-/m1/s1.